The SMILES string of the molecule is COc1nsc(OC)c1CN1CC(=O)NC(C)C1. The lowest BCUT2D eigenvalue weighted by molar-refractivity contribution is -0.125. The fraction of sp³-hybridized carbons (Fsp3) is 0.636. The monoisotopic (exact) mass is 271 g/mol. The van der Waals surface area contributed by atoms with Crippen LogP contribution in [0, 0.1) is 0 Å². The van der Waals surface area contributed by atoms with Crippen LogP contribution in [-0.4, -0.2) is 48.5 Å². The van der Waals surface area contributed by atoms with Crippen molar-refractivity contribution in [1.82, 2.24) is 14.6 Å². The summed E-state index contributed by atoms with van der Waals surface area (Å²) >= 11 is 1.27. The predicted molar refractivity (Wildman–Crippen MR) is 68.1 cm³/mol. The van der Waals surface area contributed by atoms with E-state index in [1.165, 1.54) is 11.5 Å². The summed E-state index contributed by atoms with van der Waals surface area (Å²) in [6, 6.07) is 0.162. The van der Waals surface area contributed by atoms with Crippen molar-refractivity contribution >= 4 is 17.4 Å². The number of carbonyl (C=O) groups excluding carboxylic acids is 1. The smallest absolute Gasteiger partial charge is 0.234 e. The molecule has 1 aliphatic rings. The summed E-state index contributed by atoms with van der Waals surface area (Å²) in [6.45, 7) is 3.81. The second-order valence-electron chi connectivity index (χ2n) is 4.30. The van der Waals surface area contributed by atoms with Gasteiger partial charge in [0.15, 0.2) is 0 Å². The Labute approximate surface area is 110 Å². The van der Waals surface area contributed by atoms with Gasteiger partial charge in [0, 0.05) is 30.7 Å². The summed E-state index contributed by atoms with van der Waals surface area (Å²) in [4.78, 5) is 13.6. The summed E-state index contributed by atoms with van der Waals surface area (Å²) in [5.74, 6) is 0.630. The van der Waals surface area contributed by atoms with Gasteiger partial charge in [0.2, 0.25) is 16.9 Å². The van der Waals surface area contributed by atoms with Gasteiger partial charge < -0.3 is 14.8 Å². The van der Waals surface area contributed by atoms with Crippen molar-refractivity contribution in [3.05, 3.63) is 5.56 Å². The van der Waals surface area contributed by atoms with E-state index in [2.05, 4.69) is 14.6 Å². The van der Waals surface area contributed by atoms with Crippen LogP contribution in [0.1, 0.15) is 12.5 Å². The van der Waals surface area contributed by atoms with Crippen LogP contribution in [0.4, 0.5) is 0 Å². The number of aromatic nitrogens is 1. The molecule has 1 aromatic heterocycles. The second kappa shape index (κ2) is 5.53. The van der Waals surface area contributed by atoms with Crippen LogP contribution in [0.5, 0.6) is 10.9 Å². The molecule has 1 aliphatic heterocycles. The zero-order chi connectivity index (χ0) is 13.1. The minimum absolute atomic E-state index is 0.0508. The maximum atomic E-state index is 11.5. The third kappa shape index (κ3) is 2.73. The van der Waals surface area contributed by atoms with E-state index >= 15 is 0 Å². The third-order valence-electron chi connectivity index (χ3n) is 2.78. The van der Waals surface area contributed by atoms with E-state index in [0.29, 0.717) is 19.0 Å². The molecule has 7 heteroatoms. The van der Waals surface area contributed by atoms with E-state index in [1.807, 2.05) is 6.92 Å². The first-order chi connectivity index (χ1) is 8.63. The third-order valence-corrected chi connectivity index (χ3v) is 3.62. The van der Waals surface area contributed by atoms with Gasteiger partial charge in [0.25, 0.3) is 0 Å². The summed E-state index contributed by atoms with van der Waals surface area (Å²) in [7, 11) is 3.20. The Bertz CT molecular complexity index is 414. The number of nitrogens with zero attached hydrogens (tertiary/aromatic N) is 2. The maximum absolute atomic E-state index is 11.5. The van der Waals surface area contributed by atoms with Crippen molar-refractivity contribution < 1.29 is 14.3 Å². The van der Waals surface area contributed by atoms with Crippen molar-refractivity contribution in [2.75, 3.05) is 27.3 Å². The van der Waals surface area contributed by atoms with Gasteiger partial charge in [-0.2, -0.15) is 4.37 Å². The van der Waals surface area contributed by atoms with Crippen LogP contribution in [0.15, 0.2) is 0 Å². The molecule has 0 aromatic carbocycles. The number of methoxy groups -OCH3 is 2. The zero-order valence-electron chi connectivity index (χ0n) is 10.7. The molecule has 0 saturated carbocycles. The number of amides is 1. The molecule has 0 bridgehead atoms. The Kier molecular flexibility index (Phi) is 4.03. The van der Waals surface area contributed by atoms with Crippen LogP contribution < -0.4 is 14.8 Å². The maximum Gasteiger partial charge on any atom is 0.234 e. The van der Waals surface area contributed by atoms with Gasteiger partial charge in [-0.25, -0.2) is 0 Å². The molecular formula is C11H17N3O3S. The quantitative estimate of drug-likeness (QED) is 0.863. The first-order valence-corrected chi connectivity index (χ1v) is 6.49. The fourth-order valence-corrected chi connectivity index (χ4v) is 2.79. The van der Waals surface area contributed by atoms with Crippen molar-refractivity contribution in [2.45, 2.75) is 19.5 Å². The molecule has 18 heavy (non-hydrogen) atoms. The highest BCUT2D eigenvalue weighted by Gasteiger charge is 2.25. The topological polar surface area (TPSA) is 63.7 Å². The summed E-state index contributed by atoms with van der Waals surface area (Å²) in [5, 5.41) is 3.63. The van der Waals surface area contributed by atoms with E-state index in [4.69, 9.17) is 9.47 Å². The molecule has 0 spiro atoms. The molecule has 0 radical (unpaired) electrons. The summed E-state index contributed by atoms with van der Waals surface area (Å²) in [5.41, 5.74) is 0.909. The van der Waals surface area contributed by atoms with Crippen molar-refractivity contribution in [3.63, 3.8) is 0 Å². The van der Waals surface area contributed by atoms with Gasteiger partial charge in [0.1, 0.15) is 0 Å². The number of hydrogen-bond donors (Lipinski definition) is 1. The lowest BCUT2D eigenvalue weighted by Crippen LogP contribution is -2.52. The molecule has 100 valence electrons. The number of carbonyl (C=O) groups is 1. The number of nitrogens with one attached hydrogen (secondary N) is 1. The number of hydrogen-bond acceptors (Lipinski definition) is 6. The largest absolute Gasteiger partial charge is 0.486 e. The molecule has 1 aromatic rings. The van der Waals surface area contributed by atoms with Gasteiger partial charge in [-0.3, -0.25) is 9.69 Å². The number of piperazine rings is 1. The second-order valence-corrected chi connectivity index (χ2v) is 5.04. The average molecular weight is 271 g/mol. The lowest BCUT2D eigenvalue weighted by Gasteiger charge is -2.30. The van der Waals surface area contributed by atoms with E-state index in [0.717, 1.165) is 17.2 Å². The van der Waals surface area contributed by atoms with E-state index in [9.17, 15) is 4.79 Å². The number of ether oxygens (including phenoxy) is 2. The molecule has 0 aliphatic carbocycles. The van der Waals surface area contributed by atoms with Crippen LogP contribution >= 0.6 is 11.5 Å². The van der Waals surface area contributed by atoms with Gasteiger partial charge in [0.05, 0.1) is 26.3 Å². The first kappa shape index (κ1) is 13.1. The lowest BCUT2D eigenvalue weighted by atomic mass is 10.2. The molecule has 1 N–H and O–H groups in total. The molecular weight excluding hydrogens is 254 g/mol. The Hall–Kier alpha value is -1.34. The van der Waals surface area contributed by atoms with Gasteiger partial charge >= 0.3 is 0 Å². The molecule has 1 atom stereocenters. The van der Waals surface area contributed by atoms with Gasteiger partial charge in [-0.05, 0) is 6.92 Å². The van der Waals surface area contributed by atoms with Gasteiger partial charge in [-0.15, -0.1) is 0 Å². The van der Waals surface area contributed by atoms with E-state index in [1.54, 1.807) is 14.2 Å². The first-order valence-electron chi connectivity index (χ1n) is 5.72. The average Bonchev–Trinajstić information content (AvgIpc) is 2.69. The van der Waals surface area contributed by atoms with E-state index < -0.39 is 0 Å². The molecule has 2 heterocycles. The summed E-state index contributed by atoms with van der Waals surface area (Å²) in [6.07, 6.45) is 0. The van der Waals surface area contributed by atoms with Crippen molar-refractivity contribution in [3.8, 4) is 10.9 Å². The molecule has 1 fully saturated rings. The van der Waals surface area contributed by atoms with Crippen molar-refractivity contribution in [1.29, 1.82) is 0 Å². The Morgan fingerprint density at radius 3 is 2.89 bits per heavy atom. The standard InChI is InChI=1S/C11H17N3O3S/c1-7-4-14(6-9(15)12-7)5-8-10(16-2)13-18-11(8)17-3/h7H,4-6H2,1-3H3,(H,12,15). The minimum atomic E-state index is 0.0508. The molecule has 1 unspecified atom stereocenters. The summed E-state index contributed by atoms with van der Waals surface area (Å²) < 4.78 is 14.7. The predicted octanol–water partition coefficient (Wildman–Crippen LogP) is 0.481. The fourth-order valence-electron chi connectivity index (χ4n) is 2.10. The van der Waals surface area contributed by atoms with Crippen LogP contribution in [0.3, 0.4) is 0 Å². The molecule has 6 nitrogen and oxygen atoms in total. The highest BCUT2D eigenvalue weighted by Crippen LogP contribution is 2.33. The Balaban J connectivity index is 2.12. The van der Waals surface area contributed by atoms with E-state index in [-0.39, 0.29) is 11.9 Å². The highest BCUT2D eigenvalue weighted by molar-refractivity contribution is 7.08. The van der Waals surface area contributed by atoms with Gasteiger partial charge in [-0.1, -0.05) is 0 Å². The Morgan fingerprint density at radius 1 is 1.50 bits per heavy atom. The minimum Gasteiger partial charge on any atom is -0.486 e. The molecule has 1 saturated heterocycles. The Morgan fingerprint density at radius 2 is 2.28 bits per heavy atom. The molecule has 2 rings (SSSR count). The normalized spacial score (nSPS) is 20.6. The highest BCUT2D eigenvalue weighted by atomic mass is 32.1. The molecule has 1 amide bonds. The zero-order valence-corrected chi connectivity index (χ0v) is 11.5. The number of rotatable bonds is 4. The van der Waals surface area contributed by atoms with Crippen LogP contribution in [-0.2, 0) is 11.3 Å². The van der Waals surface area contributed by atoms with Crippen molar-refractivity contribution in [2.24, 2.45) is 0 Å². The van der Waals surface area contributed by atoms with Crippen LogP contribution in [0.25, 0.3) is 0 Å². The van der Waals surface area contributed by atoms with Crippen LogP contribution in [0.2, 0.25) is 0 Å².